The third-order valence-corrected chi connectivity index (χ3v) is 5.33. The lowest BCUT2D eigenvalue weighted by Gasteiger charge is -2.10. The average molecular weight is 344 g/mol. The van der Waals surface area contributed by atoms with Crippen molar-refractivity contribution in [1.82, 2.24) is 0 Å². The van der Waals surface area contributed by atoms with E-state index in [1.807, 2.05) is 0 Å². The molecule has 0 heterocycles. The van der Waals surface area contributed by atoms with Gasteiger partial charge in [-0.05, 0) is 52.7 Å². The maximum Gasteiger partial charge on any atom is 0.209 e. The molecule has 6 heteroatoms. The van der Waals surface area contributed by atoms with Crippen LogP contribution in [0.4, 0.5) is 10.1 Å². The van der Waals surface area contributed by atoms with Crippen molar-refractivity contribution in [2.45, 2.75) is 16.7 Å². The van der Waals surface area contributed by atoms with Crippen molar-refractivity contribution in [3.05, 3.63) is 52.3 Å². The first-order valence-electron chi connectivity index (χ1n) is 5.39. The maximum absolute atomic E-state index is 13.7. The van der Waals surface area contributed by atoms with Crippen molar-refractivity contribution in [3.63, 3.8) is 0 Å². The number of benzene rings is 2. The van der Waals surface area contributed by atoms with Gasteiger partial charge in [0.25, 0.3) is 0 Å². The Hall–Kier alpha value is -1.40. The van der Waals surface area contributed by atoms with Gasteiger partial charge in [0.1, 0.15) is 10.7 Å². The molecule has 2 aromatic rings. The summed E-state index contributed by atoms with van der Waals surface area (Å²) < 4.78 is 39.0. The van der Waals surface area contributed by atoms with E-state index in [0.29, 0.717) is 15.7 Å². The molecule has 0 aliphatic rings. The molecule has 0 spiro atoms. The van der Waals surface area contributed by atoms with Crippen molar-refractivity contribution in [1.29, 1.82) is 0 Å². The molecule has 0 aliphatic heterocycles. The van der Waals surface area contributed by atoms with Gasteiger partial charge in [0.2, 0.25) is 9.84 Å². The molecule has 3 nitrogen and oxygen atoms in total. The summed E-state index contributed by atoms with van der Waals surface area (Å²) in [7, 11) is -3.90. The monoisotopic (exact) mass is 343 g/mol. The molecule has 0 saturated carbocycles. The lowest BCUT2D eigenvalue weighted by Crippen LogP contribution is -2.07. The van der Waals surface area contributed by atoms with E-state index in [1.165, 1.54) is 30.3 Å². The number of rotatable bonds is 2. The molecule has 2 aromatic carbocycles. The molecular formula is C13H11BrFNO2S. The number of aryl methyl sites for hydroxylation is 1. The molecule has 0 saturated heterocycles. The van der Waals surface area contributed by atoms with Crippen LogP contribution in [0.2, 0.25) is 0 Å². The Balaban J connectivity index is 2.71. The fourth-order valence-electron chi connectivity index (χ4n) is 1.76. The summed E-state index contributed by atoms with van der Waals surface area (Å²) in [5, 5.41) is 0. The van der Waals surface area contributed by atoms with Crippen LogP contribution in [-0.4, -0.2) is 8.42 Å². The van der Waals surface area contributed by atoms with E-state index in [2.05, 4.69) is 15.9 Å². The summed E-state index contributed by atoms with van der Waals surface area (Å²) in [6, 6.07) is 8.23. The lowest BCUT2D eigenvalue weighted by molar-refractivity contribution is 0.566. The lowest BCUT2D eigenvalue weighted by atomic mass is 10.2. The molecular weight excluding hydrogens is 333 g/mol. The van der Waals surface area contributed by atoms with Crippen molar-refractivity contribution in [2.24, 2.45) is 0 Å². The molecule has 19 heavy (non-hydrogen) atoms. The van der Waals surface area contributed by atoms with Gasteiger partial charge in [0.15, 0.2) is 0 Å². The molecule has 100 valence electrons. The smallest absolute Gasteiger partial charge is 0.209 e. The molecule has 2 rings (SSSR count). The van der Waals surface area contributed by atoms with Gasteiger partial charge in [-0.25, -0.2) is 12.8 Å². The Morgan fingerprint density at radius 2 is 1.79 bits per heavy atom. The van der Waals surface area contributed by atoms with Gasteiger partial charge in [-0.2, -0.15) is 0 Å². The molecule has 0 radical (unpaired) electrons. The number of halogens is 2. The minimum atomic E-state index is -3.90. The summed E-state index contributed by atoms with van der Waals surface area (Å²) in [5.41, 5.74) is 6.60. The standard InChI is InChI=1S/C13H11BrFNO2S/c1-8-6-11(16)9(14)7-13(8)19(17,18)12-5-3-2-4-10(12)15/h2-7H,16H2,1H3. The van der Waals surface area contributed by atoms with E-state index in [-0.39, 0.29) is 9.79 Å². The zero-order valence-corrected chi connectivity index (χ0v) is 12.4. The summed E-state index contributed by atoms with van der Waals surface area (Å²) >= 11 is 3.18. The zero-order chi connectivity index (χ0) is 14.2. The van der Waals surface area contributed by atoms with E-state index in [1.54, 1.807) is 6.92 Å². The molecule has 0 aromatic heterocycles. The molecule has 0 fully saturated rings. The largest absolute Gasteiger partial charge is 0.398 e. The second-order valence-electron chi connectivity index (χ2n) is 4.07. The van der Waals surface area contributed by atoms with Crippen LogP contribution < -0.4 is 5.73 Å². The summed E-state index contributed by atoms with van der Waals surface area (Å²) in [6.07, 6.45) is 0. The highest BCUT2D eigenvalue weighted by Crippen LogP contribution is 2.31. The third kappa shape index (κ3) is 2.50. The van der Waals surface area contributed by atoms with Gasteiger partial charge >= 0.3 is 0 Å². The third-order valence-electron chi connectivity index (χ3n) is 2.71. The average Bonchev–Trinajstić information content (AvgIpc) is 2.34. The first-order chi connectivity index (χ1) is 8.84. The number of hydrogen-bond donors (Lipinski definition) is 1. The van der Waals surface area contributed by atoms with Crippen LogP contribution in [-0.2, 0) is 9.84 Å². The zero-order valence-electron chi connectivity index (χ0n) is 10.0. The van der Waals surface area contributed by atoms with Gasteiger partial charge in [0, 0.05) is 10.2 Å². The van der Waals surface area contributed by atoms with Crippen molar-refractivity contribution in [2.75, 3.05) is 5.73 Å². The van der Waals surface area contributed by atoms with Crippen LogP contribution in [0.3, 0.4) is 0 Å². The minimum absolute atomic E-state index is 0.0404. The fourth-order valence-corrected chi connectivity index (χ4v) is 3.83. The van der Waals surface area contributed by atoms with Gasteiger partial charge < -0.3 is 5.73 Å². The quantitative estimate of drug-likeness (QED) is 0.851. The fraction of sp³-hybridized carbons (Fsp3) is 0.0769. The summed E-state index contributed by atoms with van der Waals surface area (Å²) in [4.78, 5) is -0.298. The van der Waals surface area contributed by atoms with Crippen LogP contribution in [0.5, 0.6) is 0 Å². The molecule has 0 amide bonds. The van der Waals surface area contributed by atoms with E-state index in [0.717, 1.165) is 6.07 Å². The number of sulfone groups is 1. The Morgan fingerprint density at radius 1 is 1.16 bits per heavy atom. The van der Waals surface area contributed by atoms with Crippen LogP contribution in [0, 0.1) is 12.7 Å². The Labute approximate surface area is 119 Å². The van der Waals surface area contributed by atoms with Gasteiger partial charge in [-0.3, -0.25) is 0 Å². The summed E-state index contributed by atoms with van der Waals surface area (Å²) in [6.45, 7) is 1.62. The predicted octanol–water partition coefficient (Wildman–Crippen LogP) is 3.31. The van der Waals surface area contributed by atoms with E-state index in [9.17, 15) is 12.8 Å². The first kappa shape index (κ1) is 14.0. The number of nitrogens with two attached hydrogens (primary N) is 1. The molecule has 0 aliphatic carbocycles. The van der Waals surface area contributed by atoms with Gasteiger partial charge in [-0.1, -0.05) is 12.1 Å². The van der Waals surface area contributed by atoms with E-state index >= 15 is 0 Å². The SMILES string of the molecule is Cc1cc(N)c(Br)cc1S(=O)(=O)c1ccccc1F. The topological polar surface area (TPSA) is 60.2 Å². The first-order valence-corrected chi connectivity index (χ1v) is 7.67. The predicted molar refractivity (Wildman–Crippen MR) is 75.1 cm³/mol. The van der Waals surface area contributed by atoms with Crippen LogP contribution in [0.15, 0.2) is 50.7 Å². The molecule has 2 N–H and O–H groups in total. The van der Waals surface area contributed by atoms with E-state index < -0.39 is 15.7 Å². The van der Waals surface area contributed by atoms with Crippen molar-refractivity contribution in [3.8, 4) is 0 Å². The van der Waals surface area contributed by atoms with Crippen LogP contribution in [0.1, 0.15) is 5.56 Å². The summed E-state index contributed by atoms with van der Waals surface area (Å²) in [5.74, 6) is -0.769. The highest BCUT2D eigenvalue weighted by molar-refractivity contribution is 9.10. The number of nitrogen functional groups attached to an aromatic ring is 1. The number of anilines is 1. The second kappa shape index (κ2) is 4.94. The minimum Gasteiger partial charge on any atom is -0.398 e. The normalized spacial score (nSPS) is 11.5. The Bertz CT molecular complexity index is 744. The van der Waals surface area contributed by atoms with Crippen LogP contribution in [0.25, 0.3) is 0 Å². The Morgan fingerprint density at radius 3 is 2.42 bits per heavy atom. The van der Waals surface area contributed by atoms with Crippen molar-refractivity contribution >= 4 is 31.5 Å². The molecule has 0 unspecified atom stereocenters. The van der Waals surface area contributed by atoms with Gasteiger partial charge in [-0.15, -0.1) is 0 Å². The van der Waals surface area contributed by atoms with Gasteiger partial charge in [0.05, 0.1) is 4.90 Å². The number of hydrogen-bond acceptors (Lipinski definition) is 3. The highest BCUT2D eigenvalue weighted by Gasteiger charge is 2.24. The highest BCUT2D eigenvalue weighted by atomic mass is 79.9. The molecule has 0 bridgehead atoms. The maximum atomic E-state index is 13.7. The van der Waals surface area contributed by atoms with E-state index in [4.69, 9.17) is 5.73 Å². The molecule has 0 atom stereocenters. The van der Waals surface area contributed by atoms with Crippen LogP contribution >= 0.6 is 15.9 Å². The second-order valence-corrected chi connectivity index (χ2v) is 6.81. The van der Waals surface area contributed by atoms with Crippen molar-refractivity contribution < 1.29 is 12.8 Å². The Kier molecular flexibility index (Phi) is 3.64.